The summed E-state index contributed by atoms with van der Waals surface area (Å²) in [6.45, 7) is 9.59. The molecular weight excluding hydrogens is 192 g/mol. The first-order chi connectivity index (χ1) is 5.24. The van der Waals surface area contributed by atoms with Crippen molar-refractivity contribution in [3.8, 4) is 0 Å². The fourth-order valence-electron chi connectivity index (χ4n) is 0.630. The first-order valence-electron chi connectivity index (χ1n) is 4.11. The average Bonchev–Trinajstić information content (AvgIpc) is 1.82. The van der Waals surface area contributed by atoms with Crippen LogP contribution in [0.1, 0.15) is 20.8 Å². The molecule has 0 rings (SSSR count). The molecule has 12 heavy (non-hydrogen) atoms. The van der Waals surface area contributed by atoms with E-state index < -0.39 is 19.4 Å². The number of hydrogen-bond acceptors (Lipinski definition) is 2. The molecule has 0 saturated heterocycles. The standard InChI is InChI=1S/C8H17ClO2Si/c1-8(2,3)11-7(10)6(9)12(4)5/h6,12H,1-5H3. The summed E-state index contributed by atoms with van der Waals surface area (Å²) in [6, 6.07) is 0. The van der Waals surface area contributed by atoms with Gasteiger partial charge >= 0.3 is 5.97 Å². The lowest BCUT2D eigenvalue weighted by Gasteiger charge is -2.22. The number of carbonyl (C=O) groups is 1. The lowest BCUT2D eigenvalue weighted by Crippen LogP contribution is -2.35. The molecule has 0 aliphatic carbocycles. The van der Waals surface area contributed by atoms with E-state index in [0.29, 0.717) is 0 Å². The van der Waals surface area contributed by atoms with E-state index in [1.54, 1.807) is 0 Å². The second kappa shape index (κ2) is 4.28. The summed E-state index contributed by atoms with van der Waals surface area (Å²) in [6.07, 6.45) is 0. The predicted octanol–water partition coefficient (Wildman–Crippen LogP) is 1.96. The molecule has 0 saturated carbocycles. The highest BCUT2D eigenvalue weighted by Gasteiger charge is 2.25. The van der Waals surface area contributed by atoms with Crippen molar-refractivity contribution in [2.24, 2.45) is 0 Å². The van der Waals surface area contributed by atoms with E-state index in [4.69, 9.17) is 16.3 Å². The van der Waals surface area contributed by atoms with Crippen LogP contribution < -0.4 is 0 Å². The van der Waals surface area contributed by atoms with Gasteiger partial charge in [0.1, 0.15) is 10.6 Å². The van der Waals surface area contributed by atoms with Gasteiger partial charge in [0.25, 0.3) is 0 Å². The van der Waals surface area contributed by atoms with Gasteiger partial charge in [0.05, 0.1) is 8.80 Å². The summed E-state index contributed by atoms with van der Waals surface area (Å²) in [5.74, 6) is -0.272. The van der Waals surface area contributed by atoms with Gasteiger partial charge in [-0.2, -0.15) is 0 Å². The van der Waals surface area contributed by atoms with Crippen LogP contribution in [0, 0.1) is 0 Å². The Balaban J connectivity index is 4.05. The Kier molecular flexibility index (Phi) is 4.27. The largest absolute Gasteiger partial charge is 0.459 e. The number of alkyl halides is 1. The minimum atomic E-state index is -1.12. The highest BCUT2D eigenvalue weighted by atomic mass is 35.5. The highest BCUT2D eigenvalue weighted by Crippen LogP contribution is 2.12. The van der Waals surface area contributed by atoms with E-state index >= 15 is 0 Å². The molecule has 1 atom stereocenters. The molecule has 0 spiro atoms. The van der Waals surface area contributed by atoms with Crippen molar-refractivity contribution in [2.75, 3.05) is 0 Å². The topological polar surface area (TPSA) is 26.3 Å². The average molecular weight is 209 g/mol. The number of esters is 1. The summed E-state index contributed by atoms with van der Waals surface area (Å²) in [5.41, 5.74) is -0.423. The SMILES string of the molecule is C[SiH](C)C(Cl)C(=O)OC(C)(C)C. The van der Waals surface area contributed by atoms with E-state index in [1.165, 1.54) is 0 Å². The zero-order valence-electron chi connectivity index (χ0n) is 8.35. The number of ether oxygens (including phenoxy) is 1. The zero-order chi connectivity index (χ0) is 9.94. The molecule has 2 nitrogen and oxygen atoms in total. The third-order valence-corrected chi connectivity index (χ3v) is 4.35. The molecule has 0 radical (unpaired) electrons. The first kappa shape index (κ1) is 12.0. The minimum Gasteiger partial charge on any atom is -0.459 e. The Morgan fingerprint density at radius 3 is 2.08 bits per heavy atom. The van der Waals surface area contributed by atoms with Gasteiger partial charge in [-0.25, -0.2) is 0 Å². The third kappa shape index (κ3) is 4.77. The monoisotopic (exact) mass is 208 g/mol. The van der Waals surface area contributed by atoms with Gasteiger partial charge in [0.2, 0.25) is 0 Å². The number of hydrogen-bond donors (Lipinski definition) is 0. The Morgan fingerprint density at radius 1 is 1.42 bits per heavy atom. The van der Waals surface area contributed by atoms with E-state index in [9.17, 15) is 4.79 Å². The molecule has 0 aliphatic heterocycles. The zero-order valence-corrected chi connectivity index (χ0v) is 10.3. The summed E-state index contributed by atoms with van der Waals surface area (Å²) in [7, 11) is -1.12. The summed E-state index contributed by atoms with van der Waals surface area (Å²) in [5, 5.41) is -0.399. The van der Waals surface area contributed by atoms with Crippen LogP contribution in [0.3, 0.4) is 0 Å². The van der Waals surface area contributed by atoms with Crippen LogP contribution in [-0.2, 0) is 9.53 Å². The smallest absolute Gasteiger partial charge is 0.321 e. The molecule has 1 unspecified atom stereocenters. The Morgan fingerprint density at radius 2 is 1.83 bits per heavy atom. The maximum atomic E-state index is 11.3. The normalized spacial score (nSPS) is 14.6. The van der Waals surface area contributed by atoms with Crippen molar-refractivity contribution >= 4 is 26.4 Å². The molecule has 0 bridgehead atoms. The second-order valence-corrected chi connectivity index (χ2v) is 8.23. The molecule has 0 heterocycles. The van der Waals surface area contributed by atoms with Crippen molar-refractivity contribution in [2.45, 2.75) is 44.5 Å². The van der Waals surface area contributed by atoms with E-state index in [1.807, 2.05) is 33.9 Å². The van der Waals surface area contributed by atoms with Crippen LogP contribution in [0.15, 0.2) is 0 Å². The fourth-order valence-corrected chi connectivity index (χ4v) is 1.29. The van der Waals surface area contributed by atoms with E-state index in [0.717, 1.165) is 0 Å². The molecule has 0 aromatic rings. The van der Waals surface area contributed by atoms with Crippen LogP contribution >= 0.6 is 11.6 Å². The van der Waals surface area contributed by atoms with E-state index in [2.05, 4.69) is 0 Å². The number of carbonyl (C=O) groups excluding carboxylic acids is 1. The minimum absolute atomic E-state index is 0.272. The van der Waals surface area contributed by atoms with Gasteiger partial charge in [-0.1, -0.05) is 13.1 Å². The van der Waals surface area contributed by atoms with Crippen LogP contribution in [0.4, 0.5) is 0 Å². The van der Waals surface area contributed by atoms with Gasteiger partial charge in [-0.15, -0.1) is 11.6 Å². The van der Waals surface area contributed by atoms with Gasteiger partial charge in [0.15, 0.2) is 0 Å². The maximum Gasteiger partial charge on any atom is 0.321 e. The molecule has 0 fully saturated rings. The molecule has 72 valence electrons. The Labute approximate surface area is 80.8 Å². The molecule has 0 amide bonds. The van der Waals surface area contributed by atoms with Crippen LogP contribution in [0.2, 0.25) is 13.1 Å². The lowest BCUT2D eigenvalue weighted by molar-refractivity contribution is -0.152. The lowest BCUT2D eigenvalue weighted by atomic mass is 10.2. The van der Waals surface area contributed by atoms with Crippen LogP contribution in [-0.4, -0.2) is 25.4 Å². The first-order valence-corrected chi connectivity index (χ1v) is 7.52. The third-order valence-electron chi connectivity index (χ3n) is 1.22. The van der Waals surface area contributed by atoms with Crippen molar-refractivity contribution in [1.82, 2.24) is 0 Å². The molecule has 0 aromatic heterocycles. The quantitative estimate of drug-likeness (QED) is 0.394. The fraction of sp³-hybridized carbons (Fsp3) is 0.875. The predicted molar refractivity (Wildman–Crippen MR) is 54.4 cm³/mol. The molecule has 0 aliphatic rings. The van der Waals surface area contributed by atoms with E-state index in [-0.39, 0.29) is 5.97 Å². The second-order valence-electron chi connectivity index (χ2n) is 4.18. The van der Waals surface area contributed by atoms with Gasteiger partial charge in [-0.3, -0.25) is 4.79 Å². The highest BCUT2D eigenvalue weighted by molar-refractivity contribution is 6.72. The maximum absolute atomic E-state index is 11.3. The summed E-state index contributed by atoms with van der Waals surface area (Å²) >= 11 is 5.86. The van der Waals surface area contributed by atoms with Crippen LogP contribution in [0.5, 0.6) is 0 Å². The van der Waals surface area contributed by atoms with Crippen molar-refractivity contribution in [3.63, 3.8) is 0 Å². The Hall–Kier alpha value is -0.0231. The van der Waals surface area contributed by atoms with Crippen molar-refractivity contribution in [3.05, 3.63) is 0 Å². The molecule has 0 N–H and O–H groups in total. The van der Waals surface area contributed by atoms with Crippen LogP contribution in [0.25, 0.3) is 0 Å². The number of rotatable bonds is 2. The van der Waals surface area contributed by atoms with Gasteiger partial charge in [0, 0.05) is 0 Å². The van der Waals surface area contributed by atoms with Gasteiger partial charge < -0.3 is 4.74 Å². The van der Waals surface area contributed by atoms with Crippen molar-refractivity contribution in [1.29, 1.82) is 0 Å². The molecular formula is C8H17ClO2Si. The Bertz CT molecular complexity index is 163. The number of halogens is 1. The van der Waals surface area contributed by atoms with Crippen molar-refractivity contribution < 1.29 is 9.53 Å². The van der Waals surface area contributed by atoms with Gasteiger partial charge in [-0.05, 0) is 20.8 Å². The molecule has 4 heteroatoms. The molecule has 0 aromatic carbocycles. The summed E-state index contributed by atoms with van der Waals surface area (Å²) < 4.78 is 5.12. The summed E-state index contributed by atoms with van der Waals surface area (Å²) in [4.78, 5) is 11.3.